The van der Waals surface area contributed by atoms with Crippen LogP contribution in [0.15, 0.2) is 6.20 Å². The Hall–Kier alpha value is -1.18. The van der Waals surface area contributed by atoms with E-state index in [4.69, 9.17) is 0 Å². The van der Waals surface area contributed by atoms with E-state index in [1.165, 1.54) is 5.56 Å². The zero-order chi connectivity index (χ0) is 9.14. The summed E-state index contributed by atoms with van der Waals surface area (Å²) in [4.78, 5) is 14.7. The number of carbonyl (C=O) groups is 1. The highest BCUT2D eigenvalue weighted by Crippen LogP contribution is 2.14. The maximum atomic E-state index is 10.6. The maximum absolute atomic E-state index is 10.6. The highest BCUT2D eigenvalue weighted by molar-refractivity contribution is 5.77. The first kappa shape index (κ1) is 8.91. The number of hydrogen-bond acceptors (Lipinski definition) is 2. The summed E-state index contributed by atoms with van der Waals surface area (Å²) < 4.78 is 0. The molecule has 1 aromatic heterocycles. The van der Waals surface area contributed by atoms with Crippen LogP contribution in [0, 0.1) is 13.8 Å². The van der Waals surface area contributed by atoms with E-state index in [9.17, 15) is 4.79 Å². The van der Waals surface area contributed by atoms with Crippen molar-refractivity contribution in [2.24, 2.45) is 0 Å². The highest BCUT2D eigenvalue weighted by Gasteiger charge is 2.05. The molecule has 0 amide bonds. The zero-order valence-corrected chi connectivity index (χ0v) is 7.72. The van der Waals surface area contributed by atoms with Crippen molar-refractivity contribution in [3.8, 4) is 0 Å². The fourth-order valence-electron chi connectivity index (χ4n) is 1.43. The number of nitrogens with zero attached hydrogens (tertiary/aromatic N) is 1. The molecule has 0 radical (unpaired) electrons. The molecule has 0 spiro atoms. The Morgan fingerprint density at radius 2 is 2.17 bits per heavy atom. The molecular formula is C10H13NO. The number of rotatable bonds is 2. The molecule has 0 aromatic carbocycles. The lowest BCUT2D eigenvalue weighted by Crippen LogP contribution is -1.99. The van der Waals surface area contributed by atoms with E-state index in [0.29, 0.717) is 5.56 Å². The molecule has 2 heteroatoms. The first-order valence-electron chi connectivity index (χ1n) is 4.11. The van der Waals surface area contributed by atoms with Gasteiger partial charge >= 0.3 is 0 Å². The van der Waals surface area contributed by atoms with Gasteiger partial charge in [0.15, 0.2) is 6.29 Å². The quantitative estimate of drug-likeness (QED) is 0.625. The van der Waals surface area contributed by atoms with Crippen molar-refractivity contribution in [1.82, 2.24) is 4.98 Å². The molecule has 0 saturated carbocycles. The molecule has 0 aliphatic rings. The average Bonchev–Trinajstić information content (AvgIpc) is 2.06. The molecule has 0 atom stereocenters. The molecule has 0 unspecified atom stereocenters. The number of aldehydes is 1. The van der Waals surface area contributed by atoms with Gasteiger partial charge in [0.2, 0.25) is 0 Å². The van der Waals surface area contributed by atoms with Gasteiger partial charge in [-0.25, -0.2) is 0 Å². The van der Waals surface area contributed by atoms with Crippen LogP contribution in [-0.4, -0.2) is 11.3 Å². The Bertz CT molecular complexity index is 305. The fourth-order valence-corrected chi connectivity index (χ4v) is 1.43. The molecule has 64 valence electrons. The van der Waals surface area contributed by atoms with E-state index in [1.54, 1.807) is 6.20 Å². The largest absolute Gasteiger partial charge is 0.298 e. The number of hydrogen-bond donors (Lipinski definition) is 0. The monoisotopic (exact) mass is 163 g/mol. The Morgan fingerprint density at radius 3 is 2.67 bits per heavy atom. The maximum Gasteiger partial charge on any atom is 0.151 e. The first-order chi connectivity index (χ1) is 5.70. The molecule has 0 N–H and O–H groups in total. The topological polar surface area (TPSA) is 30.0 Å². The third kappa shape index (κ3) is 1.37. The lowest BCUT2D eigenvalue weighted by Gasteiger charge is -2.07. The summed E-state index contributed by atoms with van der Waals surface area (Å²) in [7, 11) is 0. The summed E-state index contributed by atoms with van der Waals surface area (Å²) in [6.07, 6.45) is 3.43. The third-order valence-corrected chi connectivity index (χ3v) is 2.20. The van der Waals surface area contributed by atoms with Gasteiger partial charge in [-0.15, -0.1) is 0 Å². The van der Waals surface area contributed by atoms with Crippen LogP contribution >= 0.6 is 0 Å². The zero-order valence-electron chi connectivity index (χ0n) is 7.72. The molecule has 2 nitrogen and oxygen atoms in total. The van der Waals surface area contributed by atoms with Gasteiger partial charge in [-0.2, -0.15) is 0 Å². The second kappa shape index (κ2) is 3.48. The van der Waals surface area contributed by atoms with E-state index < -0.39 is 0 Å². The standard InChI is InChI=1S/C10H13NO/c1-4-10-7(2)9(6-12)5-11-8(10)3/h5-6H,4H2,1-3H3. The van der Waals surface area contributed by atoms with Crippen LogP contribution in [0.25, 0.3) is 0 Å². The lowest BCUT2D eigenvalue weighted by atomic mass is 10.0. The predicted molar refractivity (Wildman–Crippen MR) is 48.5 cm³/mol. The Morgan fingerprint density at radius 1 is 1.50 bits per heavy atom. The van der Waals surface area contributed by atoms with Crippen molar-refractivity contribution < 1.29 is 4.79 Å². The number of carbonyl (C=O) groups excluding carboxylic acids is 1. The fraction of sp³-hybridized carbons (Fsp3) is 0.400. The van der Waals surface area contributed by atoms with Crippen LogP contribution < -0.4 is 0 Å². The minimum Gasteiger partial charge on any atom is -0.298 e. The van der Waals surface area contributed by atoms with E-state index in [0.717, 1.165) is 24.0 Å². The van der Waals surface area contributed by atoms with Crippen molar-refractivity contribution in [2.75, 3.05) is 0 Å². The van der Waals surface area contributed by atoms with Gasteiger partial charge in [-0.1, -0.05) is 6.92 Å². The molecule has 0 aliphatic carbocycles. The average molecular weight is 163 g/mol. The second-order valence-corrected chi connectivity index (χ2v) is 2.87. The molecule has 12 heavy (non-hydrogen) atoms. The van der Waals surface area contributed by atoms with E-state index in [1.807, 2.05) is 13.8 Å². The minimum absolute atomic E-state index is 0.706. The SMILES string of the molecule is CCc1c(C)ncc(C=O)c1C. The normalized spacial score (nSPS) is 9.92. The van der Waals surface area contributed by atoms with Gasteiger partial charge in [-0.05, 0) is 31.4 Å². The van der Waals surface area contributed by atoms with Crippen molar-refractivity contribution >= 4 is 6.29 Å². The van der Waals surface area contributed by atoms with Gasteiger partial charge in [0.25, 0.3) is 0 Å². The molecule has 0 aliphatic heterocycles. The summed E-state index contributed by atoms with van der Waals surface area (Å²) in [6.45, 7) is 6.02. The summed E-state index contributed by atoms with van der Waals surface area (Å²) in [5.41, 5.74) is 4.00. The van der Waals surface area contributed by atoms with Crippen LogP contribution in [0.4, 0.5) is 0 Å². The van der Waals surface area contributed by atoms with Crippen LogP contribution in [0.3, 0.4) is 0 Å². The lowest BCUT2D eigenvalue weighted by molar-refractivity contribution is 0.112. The van der Waals surface area contributed by atoms with Gasteiger partial charge in [0, 0.05) is 17.5 Å². The first-order valence-corrected chi connectivity index (χ1v) is 4.11. The molecule has 1 aromatic rings. The van der Waals surface area contributed by atoms with Gasteiger partial charge in [0.05, 0.1) is 0 Å². The number of pyridine rings is 1. The van der Waals surface area contributed by atoms with E-state index in [2.05, 4.69) is 11.9 Å². The Balaban J connectivity index is 3.33. The van der Waals surface area contributed by atoms with Crippen molar-refractivity contribution in [1.29, 1.82) is 0 Å². The van der Waals surface area contributed by atoms with Crippen molar-refractivity contribution in [3.63, 3.8) is 0 Å². The molecule has 0 fully saturated rings. The van der Waals surface area contributed by atoms with Crippen molar-refractivity contribution in [3.05, 3.63) is 28.6 Å². The van der Waals surface area contributed by atoms with Crippen LogP contribution in [-0.2, 0) is 6.42 Å². The van der Waals surface area contributed by atoms with Gasteiger partial charge in [0.1, 0.15) is 0 Å². The van der Waals surface area contributed by atoms with Crippen LogP contribution in [0.1, 0.15) is 34.1 Å². The highest BCUT2D eigenvalue weighted by atomic mass is 16.1. The predicted octanol–water partition coefficient (Wildman–Crippen LogP) is 2.07. The van der Waals surface area contributed by atoms with Gasteiger partial charge in [-0.3, -0.25) is 9.78 Å². The molecule has 0 bridgehead atoms. The Labute approximate surface area is 72.6 Å². The summed E-state index contributed by atoms with van der Waals surface area (Å²) in [5, 5.41) is 0. The Kier molecular flexibility index (Phi) is 2.58. The van der Waals surface area contributed by atoms with E-state index >= 15 is 0 Å². The summed E-state index contributed by atoms with van der Waals surface area (Å²) in [5.74, 6) is 0. The smallest absolute Gasteiger partial charge is 0.151 e. The van der Waals surface area contributed by atoms with E-state index in [-0.39, 0.29) is 0 Å². The van der Waals surface area contributed by atoms with Crippen LogP contribution in [0.2, 0.25) is 0 Å². The third-order valence-electron chi connectivity index (χ3n) is 2.20. The molecule has 0 saturated heterocycles. The second-order valence-electron chi connectivity index (χ2n) is 2.87. The molecule has 1 heterocycles. The summed E-state index contributed by atoms with van der Waals surface area (Å²) in [6, 6.07) is 0. The van der Waals surface area contributed by atoms with Crippen molar-refractivity contribution in [2.45, 2.75) is 27.2 Å². The minimum atomic E-state index is 0.706. The van der Waals surface area contributed by atoms with Gasteiger partial charge < -0.3 is 0 Å². The molecule has 1 rings (SSSR count). The number of aromatic nitrogens is 1. The molecular weight excluding hydrogens is 150 g/mol. The number of aryl methyl sites for hydroxylation is 1. The van der Waals surface area contributed by atoms with Crippen LogP contribution in [0.5, 0.6) is 0 Å². The summed E-state index contributed by atoms with van der Waals surface area (Å²) >= 11 is 0.